The van der Waals surface area contributed by atoms with Crippen molar-refractivity contribution >= 4 is 12.4 Å². The topological polar surface area (TPSA) is 12.0 Å². The van der Waals surface area contributed by atoms with Crippen molar-refractivity contribution in [2.45, 2.75) is 19.3 Å². The second-order valence-corrected chi connectivity index (χ2v) is 2.34. The largest absolute Gasteiger partial charge is 0.320 e. The van der Waals surface area contributed by atoms with Crippen molar-refractivity contribution in [3.05, 3.63) is 0 Å². The molecule has 0 atom stereocenters. The molecule has 1 aliphatic carbocycles. The van der Waals surface area contributed by atoms with E-state index >= 15 is 0 Å². The molecule has 0 unspecified atom stereocenters. The molecule has 1 fully saturated rings. The van der Waals surface area contributed by atoms with Crippen molar-refractivity contribution in [1.82, 2.24) is 5.32 Å². The molecule has 1 nitrogen and oxygen atoms in total. The monoisotopic (exact) mass is 135 g/mol. The lowest BCUT2D eigenvalue weighted by molar-refractivity contribution is 0.666. The van der Waals surface area contributed by atoms with Gasteiger partial charge in [0.25, 0.3) is 0 Å². The molecule has 0 aromatic heterocycles. The third-order valence-corrected chi connectivity index (χ3v) is 1.50. The molecule has 0 radical (unpaired) electrons. The van der Waals surface area contributed by atoms with Crippen LogP contribution in [0.3, 0.4) is 0 Å². The number of hydrogen-bond acceptors (Lipinski definition) is 1. The summed E-state index contributed by atoms with van der Waals surface area (Å²) in [6, 6.07) is 0. The van der Waals surface area contributed by atoms with Gasteiger partial charge < -0.3 is 5.32 Å². The minimum absolute atomic E-state index is 0. The summed E-state index contributed by atoms with van der Waals surface area (Å²) in [4.78, 5) is 0. The fourth-order valence-electron chi connectivity index (χ4n) is 0.755. The molecule has 0 spiro atoms. The Hall–Kier alpha value is 0.250. The van der Waals surface area contributed by atoms with Gasteiger partial charge in [0.15, 0.2) is 0 Å². The first kappa shape index (κ1) is 8.25. The van der Waals surface area contributed by atoms with Crippen molar-refractivity contribution in [2.24, 2.45) is 5.92 Å². The van der Waals surface area contributed by atoms with Crippen LogP contribution in [0.5, 0.6) is 0 Å². The van der Waals surface area contributed by atoms with Gasteiger partial charge in [-0.3, -0.25) is 0 Å². The van der Waals surface area contributed by atoms with Crippen LogP contribution in [-0.4, -0.2) is 13.6 Å². The van der Waals surface area contributed by atoms with Gasteiger partial charge in [0.1, 0.15) is 0 Å². The third-order valence-electron chi connectivity index (χ3n) is 1.50. The smallest absolute Gasteiger partial charge is 0.00493 e. The van der Waals surface area contributed by atoms with E-state index in [1.165, 1.54) is 25.8 Å². The molecular weight excluding hydrogens is 122 g/mol. The van der Waals surface area contributed by atoms with Crippen LogP contribution in [0, 0.1) is 5.92 Å². The normalized spacial score (nSPS) is 17.6. The molecule has 0 heterocycles. The maximum absolute atomic E-state index is 3.14. The van der Waals surface area contributed by atoms with E-state index in [2.05, 4.69) is 5.32 Å². The summed E-state index contributed by atoms with van der Waals surface area (Å²) < 4.78 is 0. The van der Waals surface area contributed by atoms with Crippen LogP contribution < -0.4 is 5.32 Å². The number of hydrogen-bond donors (Lipinski definition) is 1. The van der Waals surface area contributed by atoms with Gasteiger partial charge in [-0.25, -0.2) is 0 Å². The van der Waals surface area contributed by atoms with Gasteiger partial charge in [-0.2, -0.15) is 0 Å². The first-order valence-corrected chi connectivity index (χ1v) is 3.08. The molecule has 0 amide bonds. The lowest BCUT2D eigenvalue weighted by Crippen LogP contribution is -2.07. The quantitative estimate of drug-likeness (QED) is 0.618. The minimum atomic E-state index is 0. The van der Waals surface area contributed by atoms with Gasteiger partial charge in [-0.15, -0.1) is 12.4 Å². The zero-order chi connectivity index (χ0) is 5.11. The van der Waals surface area contributed by atoms with E-state index < -0.39 is 0 Å². The molecule has 1 rings (SSSR count). The lowest BCUT2D eigenvalue weighted by Gasteiger charge is -1.91. The van der Waals surface area contributed by atoms with Gasteiger partial charge in [0.2, 0.25) is 0 Å². The van der Waals surface area contributed by atoms with Crippen LogP contribution in [0.4, 0.5) is 0 Å². The predicted octanol–water partition coefficient (Wildman–Crippen LogP) is 1.43. The number of halogens is 1. The van der Waals surface area contributed by atoms with Crippen molar-refractivity contribution in [1.29, 1.82) is 0 Å². The Kier molecular flexibility index (Phi) is 4.29. The highest BCUT2D eigenvalue weighted by atomic mass is 35.5. The Bertz CT molecular complexity index is 52.5. The summed E-state index contributed by atoms with van der Waals surface area (Å²) in [5.74, 6) is 1.09. The maximum atomic E-state index is 3.14. The Labute approximate surface area is 57.3 Å². The molecule has 0 aromatic rings. The Morgan fingerprint density at radius 1 is 1.50 bits per heavy atom. The highest BCUT2D eigenvalue weighted by molar-refractivity contribution is 5.85. The SMILES string of the molecule is CNCCC1CC1.Cl. The highest BCUT2D eigenvalue weighted by Gasteiger charge is 2.19. The summed E-state index contributed by atoms with van der Waals surface area (Å²) in [5, 5.41) is 3.14. The molecule has 0 saturated heterocycles. The fourth-order valence-corrected chi connectivity index (χ4v) is 0.755. The van der Waals surface area contributed by atoms with Crippen molar-refractivity contribution in [3.63, 3.8) is 0 Å². The second-order valence-electron chi connectivity index (χ2n) is 2.34. The van der Waals surface area contributed by atoms with Crippen molar-refractivity contribution < 1.29 is 0 Å². The summed E-state index contributed by atoms with van der Waals surface area (Å²) in [6.07, 6.45) is 4.37. The minimum Gasteiger partial charge on any atom is -0.320 e. The second kappa shape index (κ2) is 4.16. The van der Waals surface area contributed by atoms with Crippen LogP contribution in [0.2, 0.25) is 0 Å². The summed E-state index contributed by atoms with van der Waals surface area (Å²) >= 11 is 0. The summed E-state index contributed by atoms with van der Waals surface area (Å²) in [5.41, 5.74) is 0. The third kappa shape index (κ3) is 3.28. The Balaban J connectivity index is 0.000000490. The Morgan fingerprint density at radius 2 is 2.12 bits per heavy atom. The maximum Gasteiger partial charge on any atom is -0.00493 e. The van der Waals surface area contributed by atoms with E-state index in [1.807, 2.05) is 7.05 Å². The predicted molar refractivity (Wildman–Crippen MR) is 38.5 cm³/mol. The summed E-state index contributed by atoms with van der Waals surface area (Å²) in [6.45, 7) is 1.21. The molecule has 1 aliphatic rings. The van der Waals surface area contributed by atoms with Gasteiger partial charge >= 0.3 is 0 Å². The van der Waals surface area contributed by atoms with E-state index in [-0.39, 0.29) is 12.4 Å². The van der Waals surface area contributed by atoms with Crippen LogP contribution in [-0.2, 0) is 0 Å². The molecule has 50 valence electrons. The number of nitrogens with one attached hydrogen (secondary N) is 1. The molecule has 0 aliphatic heterocycles. The molecule has 0 aromatic carbocycles. The molecule has 1 saturated carbocycles. The van der Waals surface area contributed by atoms with E-state index in [0.717, 1.165) is 5.92 Å². The molecule has 1 N–H and O–H groups in total. The van der Waals surface area contributed by atoms with Crippen molar-refractivity contribution in [3.8, 4) is 0 Å². The van der Waals surface area contributed by atoms with Crippen LogP contribution in [0.1, 0.15) is 19.3 Å². The zero-order valence-electron chi connectivity index (χ0n) is 5.31. The van der Waals surface area contributed by atoms with Gasteiger partial charge in [0.05, 0.1) is 0 Å². The van der Waals surface area contributed by atoms with E-state index in [4.69, 9.17) is 0 Å². The lowest BCUT2D eigenvalue weighted by atomic mass is 10.3. The van der Waals surface area contributed by atoms with E-state index in [9.17, 15) is 0 Å². The highest BCUT2D eigenvalue weighted by Crippen LogP contribution is 2.31. The average molecular weight is 136 g/mol. The molecule has 8 heavy (non-hydrogen) atoms. The standard InChI is InChI=1S/C6H13N.ClH/c1-7-5-4-6-2-3-6;/h6-7H,2-5H2,1H3;1H. The first-order valence-electron chi connectivity index (χ1n) is 3.08. The first-order chi connectivity index (χ1) is 3.43. The van der Waals surface area contributed by atoms with E-state index in [1.54, 1.807) is 0 Å². The van der Waals surface area contributed by atoms with Crippen LogP contribution >= 0.6 is 12.4 Å². The van der Waals surface area contributed by atoms with Gasteiger partial charge in [-0.1, -0.05) is 12.8 Å². The number of rotatable bonds is 3. The Morgan fingerprint density at radius 3 is 2.50 bits per heavy atom. The fraction of sp³-hybridized carbons (Fsp3) is 1.00. The molecular formula is C6H14ClN. The zero-order valence-corrected chi connectivity index (χ0v) is 6.13. The molecule has 2 heteroatoms. The van der Waals surface area contributed by atoms with E-state index in [0.29, 0.717) is 0 Å². The molecule has 0 bridgehead atoms. The van der Waals surface area contributed by atoms with Gasteiger partial charge in [-0.05, 0) is 25.9 Å². The van der Waals surface area contributed by atoms with Crippen LogP contribution in [0.25, 0.3) is 0 Å². The van der Waals surface area contributed by atoms with Crippen LogP contribution in [0.15, 0.2) is 0 Å². The van der Waals surface area contributed by atoms with Crippen molar-refractivity contribution in [2.75, 3.05) is 13.6 Å². The van der Waals surface area contributed by atoms with Gasteiger partial charge in [0, 0.05) is 0 Å². The average Bonchev–Trinajstić information content (AvgIpc) is 2.42. The summed E-state index contributed by atoms with van der Waals surface area (Å²) in [7, 11) is 2.02.